The number of nitrogens with two attached hydrogens (primary N) is 1. The Labute approximate surface area is 124 Å². The minimum Gasteiger partial charge on any atom is -0.398 e. The molecule has 1 aromatic rings. The van der Waals surface area contributed by atoms with Crippen molar-refractivity contribution in [3.8, 4) is 0 Å². The van der Waals surface area contributed by atoms with Crippen molar-refractivity contribution in [3.05, 3.63) is 23.2 Å². The molecule has 0 aromatic heterocycles. The fourth-order valence-electron chi connectivity index (χ4n) is 2.67. The van der Waals surface area contributed by atoms with E-state index in [0.29, 0.717) is 5.02 Å². The van der Waals surface area contributed by atoms with Gasteiger partial charge in [0.15, 0.2) is 0 Å². The maximum absolute atomic E-state index is 12.7. The van der Waals surface area contributed by atoms with Gasteiger partial charge in [-0.05, 0) is 31.0 Å². The van der Waals surface area contributed by atoms with Gasteiger partial charge >= 0.3 is 0 Å². The van der Waals surface area contributed by atoms with Gasteiger partial charge in [0.1, 0.15) is 4.90 Å². The van der Waals surface area contributed by atoms with Crippen LogP contribution in [0.25, 0.3) is 0 Å². The molecule has 1 aromatic carbocycles. The summed E-state index contributed by atoms with van der Waals surface area (Å²) in [6, 6.07) is 4.31. The van der Waals surface area contributed by atoms with E-state index in [0.717, 1.165) is 25.7 Å². The number of rotatable bonds is 5. The molecule has 0 saturated heterocycles. The Morgan fingerprint density at radius 2 is 2.00 bits per heavy atom. The van der Waals surface area contributed by atoms with Crippen LogP contribution in [0, 0.1) is 0 Å². The standard InChI is InChI=1S/C13H19ClN2O3S/c14-10-5-6-13(12(15)9-10)20(18,19)16(7-8-17)11-3-1-2-4-11/h5-6,9,11,17H,1-4,7-8,15H2. The molecule has 20 heavy (non-hydrogen) atoms. The first kappa shape index (κ1) is 15.6. The lowest BCUT2D eigenvalue weighted by molar-refractivity contribution is 0.226. The summed E-state index contributed by atoms with van der Waals surface area (Å²) in [4.78, 5) is 0.0576. The number of anilines is 1. The van der Waals surface area contributed by atoms with Crippen LogP contribution in [0.15, 0.2) is 23.1 Å². The van der Waals surface area contributed by atoms with Gasteiger partial charge in [-0.3, -0.25) is 0 Å². The number of benzene rings is 1. The van der Waals surface area contributed by atoms with E-state index in [-0.39, 0.29) is 29.8 Å². The van der Waals surface area contributed by atoms with Crippen molar-refractivity contribution < 1.29 is 13.5 Å². The molecule has 0 aliphatic heterocycles. The quantitative estimate of drug-likeness (QED) is 0.811. The second-order valence-electron chi connectivity index (χ2n) is 4.96. The summed E-state index contributed by atoms with van der Waals surface area (Å²) in [5.74, 6) is 0. The van der Waals surface area contributed by atoms with Gasteiger partial charge < -0.3 is 10.8 Å². The Hall–Kier alpha value is -0.820. The summed E-state index contributed by atoms with van der Waals surface area (Å²) in [6.45, 7) is -0.113. The first-order valence-electron chi connectivity index (χ1n) is 6.64. The van der Waals surface area contributed by atoms with Crippen molar-refractivity contribution in [1.82, 2.24) is 4.31 Å². The normalized spacial score (nSPS) is 16.9. The minimum absolute atomic E-state index is 0.0535. The summed E-state index contributed by atoms with van der Waals surface area (Å²) in [5, 5.41) is 9.56. The number of sulfonamides is 1. The van der Waals surface area contributed by atoms with Gasteiger partial charge in [0.2, 0.25) is 10.0 Å². The second-order valence-corrected chi connectivity index (χ2v) is 7.26. The Kier molecular flexibility index (Phi) is 4.90. The number of aliphatic hydroxyl groups excluding tert-OH is 1. The maximum Gasteiger partial charge on any atom is 0.245 e. The van der Waals surface area contributed by atoms with Gasteiger partial charge in [-0.2, -0.15) is 4.31 Å². The molecule has 0 bridgehead atoms. The van der Waals surface area contributed by atoms with Gasteiger partial charge in [-0.1, -0.05) is 24.4 Å². The predicted molar refractivity (Wildman–Crippen MR) is 79.1 cm³/mol. The summed E-state index contributed by atoms with van der Waals surface area (Å²) in [6.07, 6.45) is 3.68. The number of nitrogens with zero attached hydrogens (tertiary/aromatic N) is 1. The first-order chi connectivity index (χ1) is 9.46. The highest BCUT2D eigenvalue weighted by Gasteiger charge is 2.33. The molecule has 1 saturated carbocycles. The van der Waals surface area contributed by atoms with E-state index < -0.39 is 10.0 Å². The molecule has 1 aliphatic rings. The molecule has 0 radical (unpaired) electrons. The van der Waals surface area contributed by atoms with E-state index in [2.05, 4.69) is 0 Å². The molecule has 7 heteroatoms. The summed E-state index contributed by atoms with van der Waals surface area (Å²) < 4.78 is 26.8. The van der Waals surface area contributed by atoms with Gasteiger partial charge in [0.05, 0.1) is 12.3 Å². The van der Waals surface area contributed by atoms with Gasteiger partial charge in [-0.25, -0.2) is 8.42 Å². The Morgan fingerprint density at radius 3 is 2.55 bits per heavy atom. The SMILES string of the molecule is Nc1cc(Cl)ccc1S(=O)(=O)N(CCO)C1CCCC1. The van der Waals surface area contributed by atoms with E-state index >= 15 is 0 Å². The van der Waals surface area contributed by atoms with Crippen LogP contribution in [0.5, 0.6) is 0 Å². The molecule has 0 unspecified atom stereocenters. The van der Waals surface area contributed by atoms with Crippen molar-refractivity contribution in [3.63, 3.8) is 0 Å². The van der Waals surface area contributed by atoms with Crippen LogP contribution in [-0.2, 0) is 10.0 Å². The topological polar surface area (TPSA) is 83.6 Å². The number of nitrogen functional groups attached to an aromatic ring is 1. The lowest BCUT2D eigenvalue weighted by atomic mass is 10.2. The lowest BCUT2D eigenvalue weighted by Gasteiger charge is -2.27. The van der Waals surface area contributed by atoms with Crippen LogP contribution in [-0.4, -0.2) is 37.0 Å². The molecule has 0 spiro atoms. The molecule has 0 heterocycles. The molecular weight excluding hydrogens is 300 g/mol. The average Bonchev–Trinajstić information content (AvgIpc) is 2.88. The van der Waals surface area contributed by atoms with Crippen LogP contribution in [0.1, 0.15) is 25.7 Å². The summed E-state index contributed by atoms with van der Waals surface area (Å²) in [5.41, 5.74) is 5.92. The highest BCUT2D eigenvalue weighted by atomic mass is 35.5. The van der Waals surface area contributed by atoms with E-state index in [1.165, 1.54) is 22.5 Å². The third kappa shape index (κ3) is 3.09. The van der Waals surface area contributed by atoms with E-state index in [4.69, 9.17) is 22.4 Å². The second kappa shape index (κ2) is 6.30. The Bertz CT molecular complexity index is 571. The molecular formula is C13H19ClN2O3S. The minimum atomic E-state index is -3.70. The van der Waals surface area contributed by atoms with Crippen molar-refractivity contribution >= 4 is 27.3 Å². The number of hydrogen-bond acceptors (Lipinski definition) is 4. The Morgan fingerprint density at radius 1 is 1.35 bits per heavy atom. The molecule has 0 amide bonds. The maximum atomic E-state index is 12.7. The van der Waals surface area contributed by atoms with Crippen LogP contribution < -0.4 is 5.73 Å². The third-order valence-electron chi connectivity index (χ3n) is 3.61. The van der Waals surface area contributed by atoms with Crippen molar-refractivity contribution in [1.29, 1.82) is 0 Å². The van der Waals surface area contributed by atoms with Crippen LogP contribution >= 0.6 is 11.6 Å². The largest absolute Gasteiger partial charge is 0.398 e. The van der Waals surface area contributed by atoms with Gasteiger partial charge in [-0.15, -0.1) is 0 Å². The van der Waals surface area contributed by atoms with Crippen molar-refractivity contribution in [2.24, 2.45) is 0 Å². The molecule has 1 aliphatic carbocycles. The first-order valence-corrected chi connectivity index (χ1v) is 8.46. The number of aliphatic hydroxyl groups is 1. The van der Waals surface area contributed by atoms with Crippen LogP contribution in [0.2, 0.25) is 5.02 Å². The van der Waals surface area contributed by atoms with Crippen LogP contribution in [0.4, 0.5) is 5.69 Å². The Balaban J connectivity index is 2.39. The fourth-order valence-corrected chi connectivity index (χ4v) is 4.63. The smallest absolute Gasteiger partial charge is 0.245 e. The molecule has 5 nitrogen and oxygen atoms in total. The zero-order chi connectivity index (χ0) is 14.8. The van der Waals surface area contributed by atoms with Crippen LogP contribution in [0.3, 0.4) is 0 Å². The van der Waals surface area contributed by atoms with E-state index in [1.807, 2.05) is 0 Å². The average molecular weight is 319 g/mol. The van der Waals surface area contributed by atoms with Gasteiger partial charge in [0, 0.05) is 17.6 Å². The lowest BCUT2D eigenvalue weighted by Crippen LogP contribution is -2.40. The summed E-state index contributed by atoms with van der Waals surface area (Å²) in [7, 11) is -3.70. The molecule has 3 N–H and O–H groups in total. The van der Waals surface area contributed by atoms with Gasteiger partial charge in [0.25, 0.3) is 0 Å². The zero-order valence-corrected chi connectivity index (χ0v) is 12.7. The van der Waals surface area contributed by atoms with Crippen molar-refractivity contribution in [2.75, 3.05) is 18.9 Å². The molecule has 112 valence electrons. The zero-order valence-electron chi connectivity index (χ0n) is 11.1. The predicted octanol–water partition coefficient (Wildman–Crippen LogP) is 1.85. The van der Waals surface area contributed by atoms with Crippen molar-refractivity contribution in [2.45, 2.75) is 36.6 Å². The molecule has 1 fully saturated rings. The highest BCUT2D eigenvalue weighted by molar-refractivity contribution is 7.89. The molecule has 0 atom stereocenters. The van der Waals surface area contributed by atoms with E-state index in [9.17, 15) is 8.42 Å². The molecule has 2 rings (SSSR count). The third-order valence-corrected chi connectivity index (χ3v) is 5.87. The fraction of sp³-hybridized carbons (Fsp3) is 0.538. The number of hydrogen-bond donors (Lipinski definition) is 2. The van der Waals surface area contributed by atoms with E-state index in [1.54, 1.807) is 0 Å². The highest BCUT2D eigenvalue weighted by Crippen LogP contribution is 2.31. The monoisotopic (exact) mass is 318 g/mol. The number of halogens is 1. The summed E-state index contributed by atoms with van der Waals surface area (Å²) >= 11 is 5.81.